The average Bonchev–Trinajstić information content (AvgIpc) is 1.77. The van der Waals surface area contributed by atoms with Gasteiger partial charge in [0, 0.05) is 6.04 Å². The largest absolute Gasteiger partial charge is 0.376 e. The Morgan fingerprint density at radius 2 is 1.36 bits per heavy atom. The van der Waals surface area contributed by atoms with Crippen molar-refractivity contribution in [2.45, 2.75) is 66.2 Å². The van der Waals surface area contributed by atoms with Gasteiger partial charge in [0.05, 0.1) is 0 Å². The molecule has 0 spiro atoms. The second-order valence-corrected chi connectivity index (χ2v) is 5.66. The van der Waals surface area contributed by atoms with Crippen molar-refractivity contribution in [1.29, 1.82) is 0 Å². The van der Waals surface area contributed by atoms with Crippen molar-refractivity contribution in [2.75, 3.05) is 0 Å². The summed E-state index contributed by atoms with van der Waals surface area (Å²) in [5.74, 6) is 1.35. The molecule has 14 heavy (non-hydrogen) atoms. The summed E-state index contributed by atoms with van der Waals surface area (Å²) in [4.78, 5) is 0. The SMILES string of the molecule is CC(C)CC(CC(C)C)NC(C)(C)O. The molecule has 2 nitrogen and oxygen atoms in total. The first kappa shape index (κ1) is 13.9. The number of hydrogen-bond donors (Lipinski definition) is 2. The molecule has 0 aliphatic carbocycles. The van der Waals surface area contributed by atoms with E-state index in [2.05, 4.69) is 33.0 Å². The molecule has 0 aromatic heterocycles. The van der Waals surface area contributed by atoms with Gasteiger partial charge in [-0.1, -0.05) is 27.7 Å². The molecule has 0 atom stereocenters. The Balaban J connectivity index is 4.11. The Kier molecular flexibility index (Phi) is 5.68. The highest BCUT2D eigenvalue weighted by molar-refractivity contribution is 4.75. The highest BCUT2D eigenvalue weighted by Crippen LogP contribution is 2.15. The van der Waals surface area contributed by atoms with E-state index in [1.165, 1.54) is 0 Å². The van der Waals surface area contributed by atoms with Crippen molar-refractivity contribution in [3.63, 3.8) is 0 Å². The van der Waals surface area contributed by atoms with Gasteiger partial charge < -0.3 is 5.11 Å². The van der Waals surface area contributed by atoms with Crippen LogP contribution in [0.15, 0.2) is 0 Å². The zero-order valence-corrected chi connectivity index (χ0v) is 10.6. The number of aliphatic hydroxyl groups is 1. The van der Waals surface area contributed by atoms with E-state index in [-0.39, 0.29) is 0 Å². The monoisotopic (exact) mass is 201 g/mol. The van der Waals surface area contributed by atoms with Crippen LogP contribution in [0.4, 0.5) is 0 Å². The van der Waals surface area contributed by atoms with Gasteiger partial charge in [0.25, 0.3) is 0 Å². The fraction of sp³-hybridized carbons (Fsp3) is 1.00. The summed E-state index contributed by atoms with van der Waals surface area (Å²) >= 11 is 0. The third kappa shape index (κ3) is 8.52. The summed E-state index contributed by atoms with van der Waals surface area (Å²) in [6.07, 6.45) is 2.25. The van der Waals surface area contributed by atoms with Crippen LogP contribution in [0.2, 0.25) is 0 Å². The molecule has 0 aliphatic heterocycles. The van der Waals surface area contributed by atoms with Gasteiger partial charge in [-0.3, -0.25) is 5.32 Å². The summed E-state index contributed by atoms with van der Waals surface area (Å²) in [6, 6.07) is 0.426. The van der Waals surface area contributed by atoms with Crippen LogP contribution in [0.1, 0.15) is 54.4 Å². The van der Waals surface area contributed by atoms with E-state index >= 15 is 0 Å². The molecule has 0 amide bonds. The standard InChI is InChI=1S/C12H27NO/c1-9(2)7-11(8-10(3)4)13-12(5,6)14/h9-11,13-14H,7-8H2,1-6H3. The maximum atomic E-state index is 9.70. The highest BCUT2D eigenvalue weighted by atomic mass is 16.3. The van der Waals surface area contributed by atoms with Crippen LogP contribution in [0.3, 0.4) is 0 Å². The van der Waals surface area contributed by atoms with Gasteiger partial charge in [-0.25, -0.2) is 0 Å². The van der Waals surface area contributed by atoms with Crippen molar-refractivity contribution >= 4 is 0 Å². The molecule has 0 radical (unpaired) electrons. The van der Waals surface area contributed by atoms with Crippen molar-refractivity contribution in [1.82, 2.24) is 5.32 Å². The van der Waals surface area contributed by atoms with Gasteiger partial charge in [0.1, 0.15) is 5.72 Å². The Labute approximate surface area is 89.1 Å². The molecule has 0 heterocycles. The lowest BCUT2D eigenvalue weighted by molar-refractivity contribution is 0.0251. The topological polar surface area (TPSA) is 32.3 Å². The number of rotatable bonds is 6. The first-order valence-electron chi connectivity index (χ1n) is 5.70. The predicted molar refractivity (Wildman–Crippen MR) is 62.1 cm³/mol. The Bertz CT molecular complexity index is 137. The molecule has 0 fully saturated rings. The summed E-state index contributed by atoms with van der Waals surface area (Å²) in [6.45, 7) is 12.5. The Morgan fingerprint density at radius 3 is 1.57 bits per heavy atom. The minimum absolute atomic E-state index is 0.426. The molecule has 86 valence electrons. The van der Waals surface area contributed by atoms with E-state index in [0.717, 1.165) is 12.8 Å². The Morgan fingerprint density at radius 1 is 1.00 bits per heavy atom. The van der Waals surface area contributed by atoms with Crippen LogP contribution in [0.25, 0.3) is 0 Å². The average molecular weight is 201 g/mol. The number of nitrogens with one attached hydrogen (secondary N) is 1. The molecular weight excluding hydrogens is 174 g/mol. The highest BCUT2D eigenvalue weighted by Gasteiger charge is 2.20. The lowest BCUT2D eigenvalue weighted by Crippen LogP contribution is -2.46. The lowest BCUT2D eigenvalue weighted by Gasteiger charge is -2.29. The zero-order chi connectivity index (χ0) is 11.4. The van der Waals surface area contributed by atoms with Gasteiger partial charge >= 0.3 is 0 Å². The van der Waals surface area contributed by atoms with Crippen LogP contribution < -0.4 is 5.32 Å². The fourth-order valence-corrected chi connectivity index (χ4v) is 1.85. The first-order chi connectivity index (χ1) is 6.20. The summed E-state index contributed by atoms with van der Waals surface area (Å²) in [7, 11) is 0. The Hall–Kier alpha value is -0.0800. The molecular formula is C12H27NO. The van der Waals surface area contributed by atoms with Crippen molar-refractivity contribution in [2.24, 2.45) is 11.8 Å². The number of hydrogen-bond acceptors (Lipinski definition) is 2. The quantitative estimate of drug-likeness (QED) is 0.648. The van der Waals surface area contributed by atoms with E-state index in [1.807, 2.05) is 0 Å². The maximum Gasteiger partial charge on any atom is 0.110 e. The van der Waals surface area contributed by atoms with E-state index in [1.54, 1.807) is 13.8 Å². The van der Waals surface area contributed by atoms with Crippen LogP contribution in [-0.4, -0.2) is 16.9 Å². The molecule has 2 heteroatoms. The third-order valence-corrected chi connectivity index (χ3v) is 2.07. The molecule has 0 unspecified atom stereocenters. The first-order valence-corrected chi connectivity index (χ1v) is 5.70. The van der Waals surface area contributed by atoms with Crippen LogP contribution in [0.5, 0.6) is 0 Å². The molecule has 0 aromatic carbocycles. The van der Waals surface area contributed by atoms with Gasteiger partial charge in [-0.15, -0.1) is 0 Å². The van der Waals surface area contributed by atoms with Crippen LogP contribution in [-0.2, 0) is 0 Å². The van der Waals surface area contributed by atoms with Crippen LogP contribution in [0, 0.1) is 11.8 Å². The minimum atomic E-state index is -0.756. The van der Waals surface area contributed by atoms with Crippen molar-refractivity contribution in [3.05, 3.63) is 0 Å². The summed E-state index contributed by atoms with van der Waals surface area (Å²) < 4.78 is 0. The van der Waals surface area contributed by atoms with E-state index in [9.17, 15) is 5.11 Å². The molecule has 0 bridgehead atoms. The van der Waals surface area contributed by atoms with E-state index in [4.69, 9.17) is 0 Å². The zero-order valence-electron chi connectivity index (χ0n) is 10.6. The van der Waals surface area contributed by atoms with Gasteiger partial charge in [-0.2, -0.15) is 0 Å². The predicted octanol–water partition coefficient (Wildman–Crippen LogP) is 2.77. The van der Waals surface area contributed by atoms with Gasteiger partial charge in [-0.05, 0) is 38.5 Å². The summed E-state index contributed by atoms with van der Waals surface area (Å²) in [5.41, 5.74) is -0.756. The smallest absolute Gasteiger partial charge is 0.110 e. The second kappa shape index (κ2) is 5.72. The lowest BCUT2D eigenvalue weighted by atomic mass is 9.95. The maximum absolute atomic E-state index is 9.70. The molecule has 0 aromatic rings. The summed E-state index contributed by atoms with van der Waals surface area (Å²) in [5, 5.41) is 13.0. The van der Waals surface area contributed by atoms with E-state index in [0.29, 0.717) is 17.9 Å². The second-order valence-electron chi connectivity index (χ2n) is 5.66. The van der Waals surface area contributed by atoms with E-state index < -0.39 is 5.72 Å². The van der Waals surface area contributed by atoms with Crippen molar-refractivity contribution < 1.29 is 5.11 Å². The van der Waals surface area contributed by atoms with Crippen LogP contribution >= 0.6 is 0 Å². The normalized spacial score (nSPS) is 13.3. The molecule has 0 rings (SSSR count). The van der Waals surface area contributed by atoms with Gasteiger partial charge in [0.2, 0.25) is 0 Å². The molecule has 0 saturated heterocycles. The molecule has 0 saturated carbocycles. The third-order valence-electron chi connectivity index (χ3n) is 2.07. The fourth-order valence-electron chi connectivity index (χ4n) is 1.85. The van der Waals surface area contributed by atoms with Crippen molar-refractivity contribution in [3.8, 4) is 0 Å². The molecule has 0 aliphatic rings. The minimum Gasteiger partial charge on any atom is -0.376 e. The van der Waals surface area contributed by atoms with Gasteiger partial charge in [0.15, 0.2) is 0 Å². The molecule has 2 N–H and O–H groups in total.